The summed E-state index contributed by atoms with van der Waals surface area (Å²) in [5.74, 6) is 0.705. The molecule has 1 unspecified atom stereocenters. The Morgan fingerprint density at radius 3 is 2.70 bits per heavy atom. The van der Waals surface area contributed by atoms with E-state index in [0.717, 1.165) is 44.7 Å². The number of rotatable bonds is 3. The van der Waals surface area contributed by atoms with Crippen LogP contribution < -0.4 is 15.4 Å². The number of likely N-dealkylation sites (N-methyl/N-ethyl adjacent to an activating group) is 1. The van der Waals surface area contributed by atoms with Crippen LogP contribution in [-0.4, -0.2) is 65.8 Å². The highest BCUT2D eigenvalue weighted by Gasteiger charge is 2.46. The molecule has 0 aliphatic carbocycles. The second-order valence-electron chi connectivity index (χ2n) is 6.59. The predicted molar refractivity (Wildman–Crippen MR) is 85.5 cm³/mol. The van der Waals surface area contributed by atoms with Gasteiger partial charge in [-0.25, -0.2) is 0 Å². The van der Waals surface area contributed by atoms with Gasteiger partial charge >= 0.3 is 5.97 Å². The van der Waals surface area contributed by atoms with Crippen molar-refractivity contribution in [3.05, 3.63) is 6.07 Å². The lowest BCUT2D eigenvalue weighted by Crippen LogP contribution is -2.41. The van der Waals surface area contributed by atoms with E-state index in [1.165, 1.54) is 0 Å². The van der Waals surface area contributed by atoms with Gasteiger partial charge in [0, 0.05) is 25.7 Å². The van der Waals surface area contributed by atoms with E-state index in [4.69, 9.17) is 10.5 Å². The number of anilines is 2. The van der Waals surface area contributed by atoms with Crippen LogP contribution >= 0.6 is 0 Å². The molecule has 8 nitrogen and oxygen atoms in total. The lowest BCUT2D eigenvalue weighted by molar-refractivity contribution is -0.141. The van der Waals surface area contributed by atoms with Crippen LogP contribution in [0.15, 0.2) is 6.07 Å². The van der Waals surface area contributed by atoms with Gasteiger partial charge in [-0.2, -0.15) is 9.97 Å². The SMILES string of the molecule is COc1cc(N2CCC3(CC2)CC(C(=O)O)N(C)C3)nc(N)n1. The fraction of sp³-hybridized carbons (Fsp3) is 0.667. The lowest BCUT2D eigenvalue weighted by atomic mass is 9.76. The third kappa shape index (κ3) is 3.03. The molecule has 2 aliphatic rings. The van der Waals surface area contributed by atoms with E-state index in [2.05, 4.69) is 14.9 Å². The summed E-state index contributed by atoms with van der Waals surface area (Å²) in [5, 5.41) is 9.32. The van der Waals surface area contributed by atoms with Gasteiger partial charge in [-0.1, -0.05) is 0 Å². The van der Waals surface area contributed by atoms with Gasteiger partial charge in [0.05, 0.1) is 7.11 Å². The molecule has 0 radical (unpaired) electrons. The molecule has 1 aromatic heterocycles. The molecule has 3 heterocycles. The van der Waals surface area contributed by atoms with Crippen LogP contribution in [0, 0.1) is 5.41 Å². The lowest BCUT2D eigenvalue weighted by Gasteiger charge is -2.39. The normalized spacial score (nSPS) is 24.1. The van der Waals surface area contributed by atoms with E-state index >= 15 is 0 Å². The summed E-state index contributed by atoms with van der Waals surface area (Å²) in [6.45, 7) is 2.51. The molecule has 2 fully saturated rings. The van der Waals surface area contributed by atoms with Crippen LogP contribution in [0.25, 0.3) is 0 Å². The first-order valence-corrected chi connectivity index (χ1v) is 7.79. The van der Waals surface area contributed by atoms with E-state index in [1.54, 1.807) is 13.2 Å². The molecule has 126 valence electrons. The number of ether oxygens (including phenoxy) is 1. The zero-order valence-electron chi connectivity index (χ0n) is 13.5. The van der Waals surface area contributed by atoms with E-state index < -0.39 is 5.97 Å². The molecular weight excluding hydrogens is 298 g/mol. The number of methoxy groups -OCH3 is 1. The fourth-order valence-electron chi connectivity index (χ4n) is 3.81. The Balaban J connectivity index is 1.69. The average molecular weight is 321 g/mol. The number of piperidine rings is 1. The van der Waals surface area contributed by atoms with Gasteiger partial charge in [0.1, 0.15) is 11.9 Å². The van der Waals surface area contributed by atoms with Crippen molar-refractivity contribution < 1.29 is 14.6 Å². The van der Waals surface area contributed by atoms with E-state index in [-0.39, 0.29) is 17.4 Å². The Morgan fingerprint density at radius 2 is 2.13 bits per heavy atom. The Kier molecular flexibility index (Phi) is 4.01. The van der Waals surface area contributed by atoms with Crippen molar-refractivity contribution in [3.63, 3.8) is 0 Å². The number of nitrogen functional groups attached to an aromatic ring is 1. The minimum atomic E-state index is -0.722. The second kappa shape index (κ2) is 5.84. The van der Waals surface area contributed by atoms with E-state index in [9.17, 15) is 9.90 Å². The molecule has 2 aliphatic heterocycles. The Hall–Kier alpha value is -2.09. The molecule has 0 bridgehead atoms. The highest BCUT2D eigenvalue weighted by molar-refractivity contribution is 5.74. The maximum absolute atomic E-state index is 11.3. The summed E-state index contributed by atoms with van der Waals surface area (Å²) >= 11 is 0. The Bertz CT molecular complexity index is 601. The van der Waals surface area contributed by atoms with Crippen molar-refractivity contribution >= 4 is 17.7 Å². The van der Waals surface area contributed by atoms with Gasteiger partial charge in [0.2, 0.25) is 11.8 Å². The van der Waals surface area contributed by atoms with Crippen molar-refractivity contribution in [3.8, 4) is 5.88 Å². The molecule has 1 aromatic rings. The van der Waals surface area contributed by atoms with E-state index in [0.29, 0.717) is 5.88 Å². The molecule has 1 atom stereocenters. The minimum Gasteiger partial charge on any atom is -0.481 e. The summed E-state index contributed by atoms with van der Waals surface area (Å²) in [6.07, 6.45) is 2.63. The first-order valence-electron chi connectivity index (χ1n) is 7.79. The number of carboxylic acid groups (broad SMARTS) is 1. The number of likely N-dealkylation sites (tertiary alicyclic amines) is 1. The van der Waals surface area contributed by atoms with Gasteiger partial charge < -0.3 is 20.5 Å². The zero-order chi connectivity index (χ0) is 16.6. The van der Waals surface area contributed by atoms with Crippen LogP contribution in [0.1, 0.15) is 19.3 Å². The molecule has 0 saturated carbocycles. The van der Waals surface area contributed by atoms with Gasteiger partial charge in [-0.15, -0.1) is 0 Å². The second-order valence-corrected chi connectivity index (χ2v) is 6.59. The molecule has 2 saturated heterocycles. The number of nitrogens with two attached hydrogens (primary N) is 1. The Morgan fingerprint density at radius 1 is 1.43 bits per heavy atom. The summed E-state index contributed by atoms with van der Waals surface area (Å²) in [6, 6.07) is 1.42. The van der Waals surface area contributed by atoms with Crippen LogP contribution in [0.2, 0.25) is 0 Å². The van der Waals surface area contributed by atoms with Crippen LogP contribution in [0.3, 0.4) is 0 Å². The molecule has 23 heavy (non-hydrogen) atoms. The van der Waals surface area contributed by atoms with Gasteiger partial charge in [-0.3, -0.25) is 9.69 Å². The van der Waals surface area contributed by atoms with Crippen molar-refractivity contribution in [2.75, 3.05) is 44.4 Å². The molecule has 0 aromatic carbocycles. The van der Waals surface area contributed by atoms with Crippen molar-refractivity contribution in [1.82, 2.24) is 14.9 Å². The number of nitrogens with zero attached hydrogens (tertiary/aromatic N) is 4. The number of carbonyl (C=O) groups is 1. The highest BCUT2D eigenvalue weighted by Crippen LogP contribution is 2.43. The topological polar surface area (TPSA) is 105 Å². The van der Waals surface area contributed by atoms with Crippen LogP contribution in [-0.2, 0) is 4.79 Å². The first kappa shape index (κ1) is 15.8. The molecule has 1 spiro atoms. The van der Waals surface area contributed by atoms with Crippen LogP contribution in [0.5, 0.6) is 5.88 Å². The number of hydrogen-bond donors (Lipinski definition) is 2. The fourth-order valence-corrected chi connectivity index (χ4v) is 3.81. The zero-order valence-corrected chi connectivity index (χ0v) is 13.5. The standard InChI is InChI=1S/C15H23N5O3/c1-19-9-15(8-10(19)13(21)22)3-5-20(6-4-15)11-7-12(23-2)18-14(16)17-11/h7,10H,3-6,8-9H2,1-2H3,(H,21,22)(H2,16,17,18). The number of carboxylic acids is 1. The largest absolute Gasteiger partial charge is 0.481 e. The summed E-state index contributed by atoms with van der Waals surface area (Å²) in [4.78, 5) is 23.8. The van der Waals surface area contributed by atoms with Gasteiger partial charge in [0.15, 0.2) is 0 Å². The number of aliphatic carboxylic acids is 1. The molecule has 3 N–H and O–H groups in total. The third-order valence-corrected chi connectivity index (χ3v) is 5.09. The predicted octanol–water partition coefficient (Wildman–Crippen LogP) is 0.443. The van der Waals surface area contributed by atoms with E-state index in [1.807, 2.05) is 11.9 Å². The minimum absolute atomic E-state index is 0.0942. The quantitative estimate of drug-likeness (QED) is 0.826. The maximum Gasteiger partial charge on any atom is 0.320 e. The van der Waals surface area contributed by atoms with Gasteiger partial charge in [0.25, 0.3) is 0 Å². The van der Waals surface area contributed by atoms with Crippen molar-refractivity contribution in [2.24, 2.45) is 5.41 Å². The average Bonchev–Trinajstić information content (AvgIpc) is 2.84. The molecular formula is C15H23N5O3. The van der Waals surface area contributed by atoms with Gasteiger partial charge in [-0.05, 0) is 31.7 Å². The number of hydrogen-bond acceptors (Lipinski definition) is 7. The van der Waals surface area contributed by atoms with Crippen molar-refractivity contribution in [1.29, 1.82) is 0 Å². The van der Waals surface area contributed by atoms with Crippen molar-refractivity contribution in [2.45, 2.75) is 25.3 Å². The first-order chi connectivity index (χ1) is 10.9. The highest BCUT2D eigenvalue weighted by atomic mass is 16.5. The Labute approximate surface area is 135 Å². The monoisotopic (exact) mass is 321 g/mol. The summed E-state index contributed by atoms with van der Waals surface area (Å²) in [5.41, 5.74) is 5.82. The van der Waals surface area contributed by atoms with Crippen LogP contribution in [0.4, 0.5) is 11.8 Å². The smallest absolute Gasteiger partial charge is 0.320 e. The number of aromatic nitrogens is 2. The third-order valence-electron chi connectivity index (χ3n) is 5.09. The molecule has 0 amide bonds. The molecule has 3 rings (SSSR count). The maximum atomic E-state index is 11.3. The summed E-state index contributed by atoms with van der Waals surface area (Å²) in [7, 11) is 3.45. The molecule has 8 heteroatoms. The summed E-state index contributed by atoms with van der Waals surface area (Å²) < 4.78 is 5.14.